The fraction of sp³-hybridized carbons (Fsp3) is 0.147. The predicted octanol–water partition coefficient (Wildman–Crippen LogP) is 7.37. The Kier molecular flexibility index (Phi) is 7.25. The smallest absolute Gasteiger partial charge is 0.186 e. The number of carbonyl (C=O) groups excluding carboxylic acids is 3. The summed E-state index contributed by atoms with van der Waals surface area (Å²) in [5.41, 5.74) is 4.06. The number of carbonyl (C=O) groups is 3. The lowest BCUT2D eigenvalue weighted by Gasteiger charge is -2.12. The normalized spacial score (nSPS) is 16.6. The summed E-state index contributed by atoms with van der Waals surface area (Å²) in [6.07, 6.45) is 9.42. The number of aliphatic hydroxyl groups is 1. The van der Waals surface area contributed by atoms with Crippen LogP contribution in [0.3, 0.4) is 0 Å². The van der Waals surface area contributed by atoms with Gasteiger partial charge in [0.15, 0.2) is 12.1 Å². The molecule has 0 bridgehead atoms. The molecule has 0 heterocycles. The topological polar surface area (TPSA) is 71.4 Å². The molecule has 4 nitrogen and oxygen atoms in total. The second-order valence-electron chi connectivity index (χ2n) is 9.73. The highest BCUT2D eigenvalue weighted by Gasteiger charge is 2.20. The Morgan fingerprint density at radius 3 is 2.08 bits per heavy atom. The van der Waals surface area contributed by atoms with Gasteiger partial charge in [0.25, 0.3) is 0 Å². The molecule has 0 aliphatic heterocycles. The maximum Gasteiger partial charge on any atom is 0.186 e. The zero-order chi connectivity index (χ0) is 26.6. The van der Waals surface area contributed by atoms with Crippen molar-refractivity contribution >= 4 is 39.9 Å². The van der Waals surface area contributed by atoms with E-state index in [1.807, 2.05) is 73.7 Å². The number of rotatable bonds is 8. The molecule has 4 aromatic rings. The van der Waals surface area contributed by atoms with Crippen LogP contribution in [0, 0.1) is 5.92 Å². The molecule has 0 aromatic heterocycles. The first-order chi connectivity index (χ1) is 18.5. The lowest BCUT2D eigenvalue weighted by Crippen LogP contribution is -2.01. The SMILES string of the molecule is CC1=C(/C=C\C(=O)c2cc3ccccc3cc2C=O)CCC1/C=C\C(O)c1cc2ccccc2cc1C=O. The Hall–Kier alpha value is -4.41. The van der Waals surface area contributed by atoms with Crippen molar-refractivity contribution in [2.45, 2.75) is 25.9 Å². The van der Waals surface area contributed by atoms with Gasteiger partial charge in [-0.3, -0.25) is 14.4 Å². The molecule has 2 unspecified atom stereocenters. The van der Waals surface area contributed by atoms with Gasteiger partial charge in [-0.2, -0.15) is 0 Å². The fourth-order valence-corrected chi connectivity index (χ4v) is 5.23. The second-order valence-corrected chi connectivity index (χ2v) is 9.73. The molecule has 0 radical (unpaired) electrons. The van der Waals surface area contributed by atoms with Gasteiger partial charge in [-0.1, -0.05) is 72.3 Å². The quantitative estimate of drug-likeness (QED) is 0.119. The summed E-state index contributed by atoms with van der Waals surface area (Å²) in [6.45, 7) is 2.04. The number of aldehydes is 2. The van der Waals surface area contributed by atoms with Gasteiger partial charge in [0.05, 0.1) is 6.10 Å². The molecule has 4 aromatic carbocycles. The van der Waals surface area contributed by atoms with Crippen LogP contribution in [0.25, 0.3) is 21.5 Å². The molecule has 0 amide bonds. The van der Waals surface area contributed by atoms with E-state index in [2.05, 4.69) is 0 Å². The monoisotopic (exact) mass is 500 g/mol. The Balaban J connectivity index is 1.34. The molecule has 38 heavy (non-hydrogen) atoms. The lowest BCUT2D eigenvalue weighted by atomic mass is 9.95. The third-order valence-corrected chi connectivity index (χ3v) is 7.46. The van der Waals surface area contributed by atoms with E-state index < -0.39 is 6.10 Å². The van der Waals surface area contributed by atoms with Crippen LogP contribution >= 0.6 is 0 Å². The minimum Gasteiger partial charge on any atom is -0.384 e. The maximum atomic E-state index is 13.0. The summed E-state index contributed by atoms with van der Waals surface area (Å²) in [4.78, 5) is 36.3. The van der Waals surface area contributed by atoms with E-state index in [-0.39, 0.29) is 11.7 Å². The Morgan fingerprint density at radius 1 is 0.868 bits per heavy atom. The van der Waals surface area contributed by atoms with Gasteiger partial charge in [-0.15, -0.1) is 0 Å². The van der Waals surface area contributed by atoms with Crippen molar-refractivity contribution in [2.75, 3.05) is 0 Å². The Morgan fingerprint density at radius 2 is 1.45 bits per heavy atom. The van der Waals surface area contributed by atoms with Gasteiger partial charge in [-0.25, -0.2) is 0 Å². The van der Waals surface area contributed by atoms with Crippen molar-refractivity contribution in [3.8, 4) is 0 Å². The highest BCUT2D eigenvalue weighted by molar-refractivity contribution is 6.12. The Labute approximate surface area is 221 Å². The first-order valence-corrected chi connectivity index (χ1v) is 12.7. The molecule has 4 heteroatoms. The fourth-order valence-electron chi connectivity index (χ4n) is 5.23. The standard InChI is InChI=1S/C34H28O4/c1-22-23(12-14-33(37)31-18-27-8-4-2-6-25(27)16-29(31)20-35)10-11-24(22)13-15-34(38)32-19-28-9-5-3-7-26(28)17-30(32)21-36/h2-9,12-21,23,33,37H,10-11H2,1H3/b14-12-,15-13-. The molecule has 0 spiro atoms. The molecule has 188 valence electrons. The third-order valence-electron chi connectivity index (χ3n) is 7.46. The maximum absolute atomic E-state index is 13.0. The molecule has 2 atom stereocenters. The molecule has 0 saturated carbocycles. The Bertz CT molecular complexity index is 1650. The van der Waals surface area contributed by atoms with E-state index in [9.17, 15) is 19.5 Å². The number of aliphatic hydroxyl groups excluding tert-OH is 1. The number of hydrogen-bond acceptors (Lipinski definition) is 4. The van der Waals surface area contributed by atoms with E-state index in [1.54, 1.807) is 30.4 Å². The van der Waals surface area contributed by atoms with Gasteiger partial charge in [0.1, 0.15) is 6.29 Å². The predicted molar refractivity (Wildman–Crippen MR) is 152 cm³/mol. The van der Waals surface area contributed by atoms with Crippen LogP contribution in [0.4, 0.5) is 0 Å². The second kappa shape index (κ2) is 10.9. The summed E-state index contributed by atoms with van der Waals surface area (Å²) >= 11 is 0. The van der Waals surface area contributed by atoms with Crippen LogP contribution in [-0.4, -0.2) is 23.5 Å². The molecule has 1 aliphatic rings. The zero-order valence-corrected chi connectivity index (χ0v) is 21.1. The molecular weight excluding hydrogens is 472 g/mol. The molecule has 0 saturated heterocycles. The molecule has 5 rings (SSSR count). The summed E-state index contributed by atoms with van der Waals surface area (Å²) in [5.74, 6) is -0.0731. The average molecular weight is 501 g/mol. The highest BCUT2D eigenvalue weighted by atomic mass is 16.3. The number of benzene rings is 4. The van der Waals surface area contributed by atoms with Crippen molar-refractivity contribution in [1.29, 1.82) is 0 Å². The molecule has 1 N–H and O–H groups in total. The first-order valence-electron chi connectivity index (χ1n) is 12.7. The van der Waals surface area contributed by atoms with Crippen molar-refractivity contribution < 1.29 is 19.5 Å². The van der Waals surface area contributed by atoms with Gasteiger partial charge < -0.3 is 5.11 Å². The summed E-state index contributed by atoms with van der Waals surface area (Å²) in [7, 11) is 0. The summed E-state index contributed by atoms with van der Waals surface area (Å²) < 4.78 is 0. The van der Waals surface area contributed by atoms with E-state index in [1.165, 1.54) is 0 Å². The van der Waals surface area contributed by atoms with Gasteiger partial charge in [0, 0.05) is 16.7 Å². The van der Waals surface area contributed by atoms with Crippen LogP contribution in [0.2, 0.25) is 0 Å². The molecular formula is C34H28O4. The van der Waals surface area contributed by atoms with Gasteiger partial charge in [0.2, 0.25) is 0 Å². The summed E-state index contributed by atoms with van der Waals surface area (Å²) in [6, 6.07) is 22.6. The van der Waals surface area contributed by atoms with Crippen LogP contribution in [-0.2, 0) is 0 Å². The minimum absolute atomic E-state index is 0.130. The van der Waals surface area contributed by atoms with E-state index in [4.69, 9.17) is 0 Å². The van der Waals surface area contributed by atoms with Gasteiger partial charge in [-0.05, 0) is 88.7 Å². The lowest BCUT2D eigenvalue weighted by molar-refractivity contribution is 0.103. The number of hydrogen-bond donors (Lipinski definition) is 1. The third kappa shape index (κ3) is 5.04. The van der Waals surface area contributed by atoms with Crippen LogP contribution < -0.4 is 0 Å². The number of allylic oxidation sites excluding steroid dienone is 5. The van der Waals surface area contributed by atoms with Crippen molar-refractivity contribution in [1.82, 2.24) is 0 Å². The van der Waals surface area contributed by atoms with Crippen molar-refractivity contribution in [3.05, 3.63) is 131 Å². The van der Waals surface area contributed by atoms with Crippen LogP contribution in [0.15, 0.2) is 108 Å². The highest BCUT2D eigenvalue weighted by Crippen LogP contribution is 2.34. The summed E-state index contributed by atoms with van der Waals surface area (Å²) in [5, 5.41) is 14.6. The number of ketones is 1. The molecule has 0 fully saturated rings. The van der Waals surface area contributed by atoms with Crippen LogP contribution in [0.5, 0.6) is 0 Å². The first kappa shape index (κ1) is 25.2. The van der Waals surface area contributed by atoms with Crippen LogP contribution in [0.1, 0.15) is 62.5 Å². The largest absolute Gasteiger partial charge is 0.384 e. The van der Waals surface area contributed by atoms with E-state index in [0.717, 1.165) is 58.1 Å². The average Bonchev–Trinajstić information content (AvgIpc) is 3.31. The van der Waals surface area contributed by atoms with E-state index >= 15 is 0 Å². The van der Waals surface area contributed by atoms with Crippen molar-refractivity contribution in [2.24, 2.45) is 5.92 Å². The molecule has 1 aliphatic carbocycles. The van der Waals surface area contributed by atoms with Crippen molar-refractivity contribution in [3.63, 3.8) is 0 Å². The number of fused-ring (bicyclic) bond motifs is 2. The zero-order valence-electron chi connectivity index (χ0n) is 21.1. The minimum atomic E-state index is -0.900. The van der Waals surface area contributed by atoms with E-state index in [0.29, 0.717) is 22.3 Å². The van der Waals surface area contributed by atoms with Gasteiger partial charge >= 0.3 is 0 Å².